The maximum atomic E-state index is 12.3. The zero-order chi connectivity index (χ0) is 16.8. The Bertz CT molecular complexity index is 819. The summed E-state index contributed by atoms with van der Waals surface area (Å²) < 4.78 is 0. The van der Waals surface area contributed by atoms with Crippen LogP contribution in [0.5, 0.6) is 0 Å². The molecule has 1 amide bonds. The molecule has 24 heavy (non-hydrogen) atoms. The highest BCUT2D eigenvalue weighted by atomic mass is 16.2. The molecule has 0 saturated heterocycles. The second-order valence-corrected chi connectivity index (χ2v) is 5.07. The molecule has 1 aromatic heterocycles. The topological polar surface area (TPSA) is 80.4 Å². The summed E-state index contributed by atoms with van der Waals surface area (Å²) in [5.74, 6) is -0.363. The fourth-order valence-corrected chi connectivity index (χ4v) is 2.24. The number of carbonyl (C=O) groups is 1. The van der Waals surface area contributed by atoms with Gasteiger partial charge in [0.1, 0.15) is 5.71 Å². The van der Waals surface area contributed by atoms with Crippen LogP contribution in [0, 0.1) is 0 Å². The van der Waals surface area contributed by atoms with E-state index in [1.165, 1.54) is 0 Å². The Morgan fingerprint density at radius 1 is 0.917 bits per heavy atom. The molecule has 5 nitrogen and oxygen atoms in total. The molecule has 0 radical (unpaired) electrons. The van der Waals surface area contributed by atoms with E-state index in [1.807, 2.05) is 48.5 Å². The zero-order valence-corrected chi connectivity index (χ0v) is 12.9. The summed E-state index contributed by atoms with van der Waals surface area (Å²) in [6, 6.07) is 22.0. The largest absolute Gasteiger partial charge is 0.398 e. The molecule has 0 saturated carbocycles. The van der Waals surface area contributed by atoms with Gasteiger partial charge in [-0.15, -0.1) is 0 Å². The SMILES string of the molecule is Nc1ccccc1C(=O)NN=C(c1ccccc1)c1ccccn1. The van der Waals surface area contributed by atoms with Gasteiger partial charge in [-0.1, -0.05) is 48.5 Å². The first-order valence-corrected chi connectivity index (χ1v) is 7.45. The highest BCUT2D eigenvalue weighted by Crippen LogP contribution is 2.11. The maximum absolute atomic E-state index is 12.3. The quantitative estimate of drug-likeness (QED) is 0.441. The molecule has 3 aromatic rings. The van der Waals surface area contributed by atoms with E-state index in [9.17, 15) is 4.79 Å². The van der Waals surface area contributed by atoms with Crippen molar-refractivity contribution in [2.45, 2.75) is 0 Å². The van der Waals surface area contributed by atoms with Crippen LogP contribution in [0.15, 0.2) is 84.1 Å². The lowest BCUT2D eigenvalue weighted by molar-refractivity contribution is 0.0956. The lowest BCUT2D eigenvalue weighted by Gasteiger charge is -2.08. The molecule has 1 heterocycles. The van der Waals surface area contributed by atoms with Gasteiger partial charge in [0, 0.05) is 17.4 Å². The lowest BCUT2D eigenvalue weighted by atomic mass is 10.1. The van der Waals surface area contributed by atoms with Gasteiger partial charge in [-0.2, -0.15) is 5.10 Å². The number of amides is 1. The minimum Gasteiger partial charge on any atom is -0.398 e. The predicted octanol–water partition coefficient (Wildman–Crippen LogP) is 2.85. The molecular formula is C19H16N4O. The third-order valence-electron chi connectivity index (χ3n) is 3.43. The third-order valence-corrected chi connectivity index (χ3v) is 3.43. The van der Waals surface area contributed by atoms with Gasteiger partial charge < -0.3 is 5.73 Å². The second-order valence-electron chi connectivity index (χ2n) is 5.07. The van der Waals surface area contributed by atoms with Crippen LogP contribution < -0.4 is 11.2 Å². The van der Waals surface area contributed by atoms with Gasteiger partial charge in [-0.05, 0) is 24.3 Å². The van der Waals surface area contributed by atoms with E-state index in [-0.39, 0.29) is 5.91 Å². The zero-order valence-electron chi connectivity index (χ0n) is 12.9. The number of nitrogens with one attached hydrogen (secondary N) is 1. The first-order valence-electron chi connectivity index (χ1n) is 7.45. The molecule has 3 N–H and O–H groups in total. The molecule has 0 unspecified atom stereocenters. The fourth-order valence-electron chi connectivity index (χ4n) is 2.24. The number of hydrogen-bond acceptors (Lipinski definition) is 4. The number of pyridine rings is 1. The average molecular weight is 316 g/mol. The summed E-state index contributed by atoms with van der Waals surface area (Å²) >= 11 is 0. The van der Waals surface area contributed by atoms with Crippen LogP contribution in [0.4, 0.5) is 5.69 Å². The number of benzene rings is 2. The molecule has 0 atom stereocenters. The number of anilines is 1. The van der Waals surface area contributed by atoms with Crippen molar-refractivity contribution < 1.29 is 4.79 Å². The number of rotatable bonds is 4. The molecule has 0 bridgehead atoms. The van der Waals surface area contributed by atoms with Crippen molar-refractivity contribution in [3.05, 3.63) is 95.8 Å². The summed E-state index contributed by atoms with van der Waals surface area (Å²) in [5, 5.41) is 4.28. The maximum Gasteiger partial charge on any atom is 0.273 e. The molecule has 118 valence electrons. The van der Waals surface area contributed by atoms with Crippen molar-refractivity contribution in [3.63, 3.8) is 0 Å². The lowest BCUT2D eigenvalue weighted by Crippen LogP contribution is -2.22. The van der Waals surface area contributed by atoms with Gasteiger partial charge in [-0.25, -0.2) is 5.43 Å². The normalized spacial score (nSPS) is 11.1. The van der Waals surface area contributed by atoms with Gasteiger partial charge in [-0.3, -0.25) is 9.78 Å². The number of nitrogens with two attached hydrogens (primary N) is 1. The molecule has 0 spiro atoms. The number of nitrogen functional groups attached to an aromatic ring is 1. The van der Waals surface area contributed by atoms with Gasteiger partial charge >= 0.3 is 0 Å². The number of nitrogens with zero attached hydrogens (tertiary/aromatic N) is 2. The number of para-hydroxylation sites is 1. The number of hydrazone groups is 1. The van der Waals surface area contributed by atoms with Crippen LogP contribution in [0.2, 0.25) is 0 Å². The van der Waals surface area contributed by atoms with E-state index < -0.39 is 0 Å². The van der Waals surface area contributed by atoms with Gasteiger partial charge in [0.2, 0.25) is 0 Å². The van der Waals surface area contributed by atoms with Crippen LogP contribution in [-0.2, 0) is 0 Å². The van der Waals surface area contributed by atoms with Crippen molar-refractivity contribution >= 4 is 17.3 Å². The Hall–Kier alpha value is -3.47. The van der Waals surface area contributed by atoms with E-state index in [2.05, 4.69) is 15.5 Å². The second kappa shape index (κ2) is 7.19. The molecule has 0 aliphatic carbocycles. The smallest absolute Gasteiger partial charge is 0.273 e. The van der Waals surface area contributed by atoms with E-state index in [1.54, 1.807) is 30.5 Å². The first-order chi connectivity index (χ1) is 11.8. The molecule has 0 aliphatic rings. The Morgan fingerprint density at radius 3 is 2.33 bits per heavy atom. The molecule has 5 heteroatoms. The molecular weight excluding hydrogens is 300 g/mol. The molecule has 0 fully saturated rings. The minimum absolute atomic E-state index is 0.363. The Labute approximate surface area is 139 Å². The summed E-state index contributed by atoms with van der Waals surface area (Å²) in [6.07, 6.45) is 1.69. The van der Waals surface area contributed by atoms with Crippen molar-refractivity contribution in [1.29, 1.82) is 0 Å². The summed E-state index contributed by atoms with van der Waals surface area (Å²) in [4.78, 5) is 16.6. The highest BCUT2D eigenvalue weighted by molar-refractivity contribution is 6.12. The molecule has 2 aromatic carbocycles. The standard InChI is InChI=1S/C19H16N4O/c20-16-11-5-4-10-15(16)19(24)23-22-18(14-8-2-1-3-9-14)17-12-6-7-13-21-17/h1-13H,20H2,(H,23,24). The van der Waals surface area contributed by atoms with Crippen molar-refractivity contribution in [1.82, 2.24) is 10.4 Å². The molecule has 3 rings (SSSR count). The van der Waals surface area contributed by atoms with Crippen LogP contribution in [0.3, 0.4) is 0 Å². The minimum atomic E-state index is -0.363. The van der Waals surface area contributed by atoms with Crippen molar-refractivity contribution in [2.24, 2.45) is 5.10 Å². The van der Waals surface area contributed by atoms with Crippen molar-refractivity contribution in [2.75, 3.05) is 5.73 Å². The Morgan fingerprint density at radius 2 is 1.62 bits per heavy atom. The predicted molar refractivity (Wildman–Crippen MR) is 94.6 cm³/mol. The van der Waals surface area contributed by atoms with E-state index in [0.717, 1.165) is 5.56 Å². The number of aromatic nitrogens is 1. The number of carbonyl (C=O) groups excluding carboxylic acids is 1. The first kappa shape index (κ1) is 15.4. The van der Waals surface area contributed by atoms with Crippen LogP contribution in [0.25, 0.3) is 0 Å². The number of hydrogen-bond donors (Lipinski definition) is 2. The van der Waals surface area contributed by atoms with E-state index in [0.29, 0.717) is 22.7 Å². The molecule has 0 aliphatic heterocycles. The van der Waals surface area contributed by atoms with Gasteiger partial charge in [0.05, 0.1) is 11.3 Å². The Kier molecular flexibility index (Phi) is 4.62. The van der Waals surface area contributed by atoms with Crippen LogP contribution in [-0.4, -0.2) is 16.6 Å². The van der Waals surface area contributed by atoms with Gasteiger partial charge in [0.15, 0.2) is 0 Å². The summed E-state index contributed by atoms with van der Waals surface area (Å²) in [6.45, 7) is 0. The Balaban J connectivity index is 1.93. The average Bonchev–Trinajstić information content (AvgIpc) is 2.64. The van der Waals surface area contributed by atoms with E-state index in [4.69, 9.17) is 5.73 Å². The summed E-state index contributed by atoms with van der Waals surface area (Å²) in [7, 11) is 0. The third kappa shape index (κ3) is 3.47. The van der Waals surface area contributed by atoms with Crippen LogP contribution in [0.1, 0.15) is 21.6 Å². The summed E-state index contributed by atoms with van der Waals surface area (Å²) in [5.41, 5.74) is 11.3. The fraction of sp³-hybridized carbons (Fsp3) is 0. The van der Waals surface area contributed by atoms with E-state index >= 15 is 0 Å². The monoisotopic (exact) mass is 316 g/mol. The van der Waals surface area contributed by atoms with Crippen molar-refractivity contribution in [3.8, 4) is 0 Å². The van der Waals surface area contributed by atoms with Crippen LogP contribution >= 0.6 is 0 Å². The van der Waals surface area contributed by atoms with Gasteiger partial charge in [0.25, 0.3) is 5.91 Å². The highest BCUT2D eigenvalue weighted by Gasteiger charge is 2.11.